The molecule has 2 aliphatic rings. The summed E-state index contributed by atoms with van der Waals surface area (Å²) in [5.41, 5.74) is 1.27. The van der Waals surface area contributed by atoms with Gasteiger partial charge in [0.05, 0.1) is 6.10 Å². The zero-order chi connectivity index (χ0) is 15.2. The van der Waals surface area contributed by atoms with Crippen molar-refractivity contribution in [3.8, 4) is 0 Å². The Morgan fingerprint density at radius 1 is 1.14 bits per heavy atom. The van der Waals surface area contributed by atoms with E-state index in [1.165, 1.54) is 50.5 Å². The molecule has 2 atom stereocenters. The van der Waals surface area contributed by atoms with E-state index in [4.69, 9.17) is 4.74 Å². The Balaban J connectivity index is 1.53. The molecule has 1 aliphatic heterocycles. The molecular formula is C18H29N3O. The van der Waals surface area contributed by atoms with Crippen LogP contribution in [0.3, 0.4) is 0 Å². The number of ether oxygens (including phenoxy) is 1. The number of methoxy groups -OCH3 is 1. The van der Waals surface area contributed by atoms with Crippen molar-refractivity contribution < 1.29 is 4.74 Å². The van der Waals surface area contributed by atoms with Gasteiger partial charge in [-0.3, -0.25) is 0 Å². The molecule has 1 aliphatic carbocycles. The molecule has 0 bridgehead atoms. The van der Waals surface area contributed by atoms with Crippen LogP contribution in [0.2, 0.25) is 0 Å². The van der Waals surface area contributed by atoms with Crippen LogP contribution in [0.25, 0.3) is 0 Å². The first-order valence-electron chi connectivity index (χ1n) is 8.83. The topological polar surface area (TPSA) is 37.4 Å². The van der Waals surface area contributed by atoms with Gasteiger partial charge in [-0.15, -0.1) is 0 Å². The summed E-state index contributed by atoms with van der Waals surface area (Å²) in [6, 6.07) is 4.86. The number of hydrogen-bond donors (Lipinski definition) is 1. The fourth-order valence-electron chi connectivity index (χ4n) is 3.69. The molecule has 4 heteroatoms. The Morgan fingerprint density at radius 2 is 1.95 bits per heavy atom. The van der Waals surface area contributed by atoms with Gasteiger partial charge in [-0.1, -0.05) is 25.3 Å². The van der Waals surface area contributed by atoms with E-state index >= 15 is 0 Å². The van der Waals surface area contributed by atoms with Crippen LogP contribution >= 0.6 is 0 Å². The van der Waals surface area contributed by atoms with E-state index in [0.29, 0.717) is 12.1 Å². The highest BCUT2D eigenvalue weighted by atomic mass is 16.5. The summed E-state index contributed by atoms with van der Waals surface area (Å²) in [5, 5.41) is 3.69. The smallest absolute Gasteiger partial charge is 0.128 e. The number of rotatable bonds is 5. The molecular weight excluding hydrogens is 274 g/mol. The first-order valence-corrected chi connectivity index (χ1v) is 8.83. The maximum atomic E-state index is 5.67. The molecule has 0 aromatic carbocycles. The summed E-state index contributed by atoms with van der Waals surface area (Å²) in [7, 11) is 1.84. The van der Waals surface area contributed by atoms with Gasteiger partial charge >= 0.3 is 0 Å². The summed E-state index contributed by atoms with van der Waals surface area (Å²) in [5.74, 6) is 1.13. The molecule has 1 N–H and O–H groups in total. The Kier molecular flexibility index (Phi) is 5.68. The maximum Gasteiger partial charge on any atom is 0.128 e. The lowest BCUT2D eigenvalue weighted by Crippen LogP contribution is -2.39. The highest BCUT2D eigenvalue weighted by molar-refractivity contribution is 5.40. The second kappa shape index (κ2) is 7.93. The quantitative estimate of drug-likeness (QED) is 0.848. The molecule has 2 fully saturated rings. The highest BCUT2D eigenvalue weighted by Gasteiger charge is 2.22. The summed E-state index contributed by atoms with van der Waals surface area (Å²) < 4.78 is 5.67. The number of hydrogen-bond acceptors (Lipinski definition) is 4. The molecule has 4 nitrogen and oxygen atoms in total. The third-order valence-corrected chi connectivity index (χ3v) is 5.06. The monoisotopic (exact) mass is 303 g/mol. The van der Waals surface area contributed by atoms with E-state index in [-0.39, 0.29) is 0 Å². The van der Waals surface area contributed by atoms with E-state index in [0.717, 1.165) is 25.5 Å². The third kappa shape index (κ3) is 3.99. The van der Waals surface area contributed by atoms with Gasteiger partial charge < -0.3 is 15.0 Å². The number of pyridine rings is 1. The Labute approximate surface area is 134 Å². The van der Waals surface area contributed by atoms with Crippen LogP contribution in [0, 0.1) is 0 Å². The van der Waals surface area contributed by atoms with Crippen LogP contribution < -0.4 is 10.2 Å². The third-order valence-electron chi connectivity index (χ3n) is 5.06. The lowest BCUT2D eigenvalue weighted by atomic mass is 10.1. The normalized spacial score (nSPS) is 26.1. The molecule has 0 amide bonds. The molecule has 22 heavy (non-hydrogen) atoms. The van der Waals surface area contributed by atoms with E-state index in [1.54, 1.807) is 0 Å². The van der Waals surface area contributed by atoms with Gasteiger partial charge in [0, 0.05) is 39.0 Å². The van der Waals surface area contributed by atoms with Gasteiger partial charge in [-0.25, -0.2) is 4.98 Å². The Bertz CT molecular complexity index is 442. The van der Waals surface area contributed by atoms with Crippen molar-refractivity contribution in [2.24, 2.45) is 0 Å². The van der Waals surface area contributed by atoms with Crippen molar-refractivity contribution in [3.05, 3.63) is 23.9 Å². The molecule has 122 valence electrons. The van der Waals surface area contributed by atoms with Gasteiger partial charge in [0.1, 0.15) is 5.82 Å². The molecule has 1 aromatic rings. The lowest BCUT2D eigenvalue weighted by Gasteiger charge is -2.25. The van der Waals surface area contributed by atoms with Gasteiger partial charge in [0.25, 0.3) is 0 Å². The van der Waals surface area contributed by atoms with E-state index in [2.05, 4.69) is 27.3 Å². The predicted molar refractivity (Wildman–Crippen MR) is 90.2 cm³/mol. The average molecular weight is 303 g/mol. The minimum atomic E-state index is 0.360. The molecule has 1 saturated carbocycles. The summed E-state index contributed by atoms with van der Waals surface area (Å²) in [6.45, 7) is 3.20. The van der Waals surface area contributed by atoms with Crippen molar-refractivity contribution in [2.45, 2.75) is 63.6 Å². The van der Waals surface area contributed by atoms with Crippen LogP contribution in [0.4, 0.5) is 5.82 Å². The van der Waals surface area contributed by atoms with Crippen LogP contribution in [0.5, 0.6) is 0 Å². The van der Waals surface area contributed by atoms with Crippen LogP contribution in [-0.4, -0.2) is 37.3 Å². The molecule has 1 aromatic heterocycles. The number of anilines is 1. The van der Waals surface area contributed by atoms with Crippen LogP contribution in [0.15, 0.2) is 18.3 Å². The van der Waals surface area contributed by atoms with Crippen molar-refractivity contribution in [2.75, 3.05) is 25.1 Å². The average Bonchev–Trinajstić information content (AvgIpc) is 3.00. The Hall–Kier alpha value is -1.13. The molecule has 0 unspecified atom stereocenters. The minimum Gasteiger partial charge on any atom is -0.380 e. The standard InChI is InChI=1S/C18H29N3O/c1-22-17-8-4-2-3-7-16(17)19-13-15-9-10-18(20-14-15)21-11-5-6-12-21/h9-10,14,16-17,19H,2-8,11-13H2,1H3/t16-,17-/m0/s1. The molecule has 3 rings (SSSR count). The molecule has 0 radical (unpaired) electrons. The summed E-state index contributed by atoms with van der Waals surface area (Å²) >= 11 is 0. The van der Waals surface area contributed by atoms with Crippen LogP contribution in [0.1, 0.15) is 50.5 Å². The first kappa shape index (κ1) is 15.8. The Morgan fingerprint density at radius 3 is 2.68 bits per heavy atom. The summed E-state index contributed by atoms with van der Waals surface area (Å²) in [4.78, 5) is 7.02. The highest BCUT2D eigenvalue weighted by Crippen LogP contribution is 2.21. The maximum absolute atomic E-state index is 5.67. The fraction of sp³-hybridized carbons (Fsp3) is 0.722. The van der Waals surface area contributed by atoms with E-state index in [1.807, 2.05) is 13.3 Å². The second-order valence-corrected chi connectivity index (χ2v) is 6.62. The largest absolute Gasteiger partial charge is 0.380 e. The first-order chi connectivity index (χ1) is 10.9. The van der Waals surface area contributed by atoms with E-state index < -0.39 is 0 Å². The van der Waals surface area contributed by atoms with Crippen molar-refractivity contribution >= 4 is 5.82 Å². The minimum absolute atomic E-state index is 0.360. The number of aromatic nitrogens is 1. The zero-order valence-electron chi connectivity index (χ0n) is 13.8. The zero-order valence-corrected chi connectivity index (χ0v) is 13.8. The number of nitrogens with one attached hydrogen (secondary N) is 1. The summed E-state index contributed by atoms with van der Waals surface area (Å²) in [6.07, 6.45) is 11.3. The van der Waals surface area contributed by atoms with E-state index in [9.17, 15) is 0 Å². The van der Waals surface area contributed by atoms with Crippen LogP contribution in [-0.2, 0) is 11.3 Å². The SMILES string of the molecule is CO[C@H]1CCCCC[C@@H]1NCc1ccc(N2CCCC2)nc1. The van der Waals surface area contributed by atoms with Gasteiger partial charge in [0.2, 0.25) is 0 Å². The number of nitrogens with zero attached hydrogens (tertiary/aromatic N) is 2. The van der Waals surface area contributed by atoms with Crippen molar-refractivity contribution in [1.29, 1.82) is 0 Å². The molecule has 2 heterocycles. The molecule has 0 spiro atoms. The van der Waals surface area contributed by atoms with Gasteiger partial charge in [0.15, 0.2) is 0 Å². The van der Waals surface area contributed by atoms with Crippen molar-refractivity contribution in [1.82, 2.24) is 10.3 Å². The van der Waals surface area contributed by atoms with Gasteiger partial charge in [-0.05, 0) is 37.3 Å². The fourth-order valence-corrected chi connectivity index (χ4v) is 3.69. The van der Waals surface area contributed by atoms with Crippen molar-refractivity contribution in [3.63, 3.8) is 0 Å². The lowest BCUT2D eigenvalue weighted by molar-refractivity contribution is 0.0626. The predicted octanol–water partition coefficient (Wildman–Crippen LogP) is 3.12. The second-order valence-electron chi connectivity index (χ2n) is 6.62. The molecule has 1 saturated heterocycles. The van der Waals surface area contributed by atoms with Gasteiger partial charge in [-0.2, -0.15) is 0 Å².